The molecule has 3 heteroatoms. The van der Waals surface area contributed by atoms with Crippen LogP contribution in [0.3, 0.4) is 0 Å². The summed E-state index contributed by atoms with van der Waals surface area (Å²) in [6.07, 6.45) is -1.65. The average molecular weight is 190 g/mol. The molecule has 72 valence electrons. The number of hydrogen-bond acceptors (Lipinski definition) is 3. The fourth-order valence-corrected chi connectivity index (χ4v) is 1.56. The standard InChI is InChI=1S/C11H10O3/c12-9-6-5-7-3-1-2-4-8(7)10(9)11(13)14/h1-6,11-14H. The summed E-state index contributed by atoms with van der Waals surface area (Å²) in [7, 11) is 0. The number of hydrogen-bond donors (Lipinski definition) is 3. The maximum absolute atomic E-state index is 9.46. The zero-order chi connectivity index (χ0) is 10.1. The smallest absolute Gasteiger partial charge is 0.182 e. The Balaban J connectivity index is 2.83. The summed E-state index contributed by atoms with van der Waals surface area (Å²) in [5.74, 6) is -0.0984. The molecular weight excluding hydrogens is 180 g/mol. The molecule has 0 heterocycles. The quantitative estimate of drug-likeness (QED) is 0.597. The van der Waals surface area contributed by atoms with Crippen LogP contribution in [-0.4, -0.2) is 15.3 Å². The van der Waals surface area contributed by atoms with Crippen molar-refractivity contribution in [2.75, 3.05) is 0 Å². The molecule has 0 bridgehead atoms. The Morgan fingerprint density at radius 1 is 0.929 bits per heavy atom. The summed E-state index contributed by atoms with van der Waals surface area (Å²) < 4.78 is 0. The van der Waals surface area contributed by atoms with Gasteiger partial charge >= 0.3 is 0 Å². The molecule has 0 atom stereocenters. The summed E-state index contributed by atoms with van der Waals surface area (Å²) in [6, 6.07) is 10.4. The van der Waals surface area contributed by atoms with Crippen molar-refractivity contribution in [2.45, 2.75) is 6.29 Å². The van der Waals surface area contributed by atoms with Gasteiger partial charge in [0, 0.05) is 0 Å². The molecule has 0 amide bonds. The molecule has 0 aliphatic rings. The molecule has 3 nitrogen and oxygen atoms in total. The van der Waals surface area contributed by atoms with Crippen molar-refractivity contribution < 1.29 is 15.3 Å². The molecule has 2 rings (SSSR count). The van der Waals surface area contributed by atoms with Gasteiger partial charge in [0.15, 0.2) is 6.29 Å². The van der Waals surface area contributed by atoms with Crippen LogP contribution in [0.15, 0.2) is 36.4 Å². The molecule has 3 N–H and O–H groups in total. The second-order valence-electron chi connectivity index (χ2n) is 3.09. The minimum absolute atomic E-state index is 0.0984. The van der Waals surface area contributed by atoms with Crippen LogP contribution in [0.1, 0.15) is 11.9 Å². The number of aromatic hydroxyl groups is 1. The Hall–Kier alpha value is -1.58. The van der Waals surface area contributed by atoms with Gasteiger partial charge in [-0.1, -0.05) is 30.3 Å². The largest absolute Gasteiger partial charge is 0.507 e. The molecule has 0 aromatic heterocycles. The molecule has 0 unspecified atom stereocenters. The van der Waals surface area contributed by atoms with Gasteiger partial charge in [-0.3, -0.25) is 0 Å². The van der Waals surface area contributed by atoms with E-state index >= 15 is 0 Å². The van der Waals surface area contributed by atoms with Gasteiger partial charge in [0.25, 0.3) is 0 Å². The van der Waals surface area contributed by atoms with E-state index in [0.29, 0.717) is 5.39 Å². The first kappa shape index (κ1) is 8.99. The topological polar surface area (TPSA) is 60.7 Å². The van der Waals surface area contributed by atoms with Crippen LogP contribution in [0.5, 0.6) is 5.75 Å². The van der Waals surface area contributed by atoms with Gasteiger partial charge in [-0.15, -0.1) is 0 Å². The highest BCUT2D eigenvalue weighted by Crippen LogP contribution is 2.30. The summed E-state index contributed by atoms with van der Waals surface area (Å²) >= 11 is 0. The van der Waals surface area contributed by atoms with Gasteiger partial charge in [0.2, 0.25) is 0 Å². The number of fused-ring (bicyclic) bond motifs is 1. The van der Waals surface area contributed by atoms with Gasteiger partial charge in [0.1, 0.15) is 5.75 Å². The van der Waals surface area contributed by atoms with Crippen molar-refractivity contribution in [2.24, 2.45) is 0 Å². The van der Waals surface area contributed by atoms with Gasteiger partial charge in [-0.05, 0) is 16.8 Å². The van der Waals surface area contributed by atoms with Crippen molar-refractivity contribution in [1.82, 2.24) is 0 Å². The van der Waals surface area contributed by atoms with E-state index in [1.54, 1.807) is 18.2 Å². The Kier molecular flexibility index (Phi) is 2.11. The molecule has 0 radical (unpaired) electrons. The number of phenols is 1. The van der Waals surface area contributed by atoms with Crippen LogP contribution in [0, 0.1) is 0 Å². The van der Waals surface area contributed by atoms with E-state index in [4.69, 9.17) is 10.2 Å². The maximum Gasteiger partial charge on any atom is 0.182 e. The first-order valence-corrected chi connectivity index (χ1v) is 4.27. The van der Waals surface area contributed by atoms with Crippen molar-refractivity contribution in [3.05, 3.63) is 42.0 Å². The van der Waals surface area contributed by atoms with Gasteiger partial charge < -0.3 is 15.3 Å². The van der Waals surface area contributed by atoms with Gasteiger partial charge in [0.05, 0.1) is 5.56 Å². The summed E-state index contributed by atoms with van der Waals surface area (Å²) in [5.41, 5.74) is 0.156. The third-order valence-corrected chi connectivity index (χ3v) is 2.21. The lowest BCUT2D eigenvalue weighted by molar-refractivity contribution is -0.0426. The Labute approximate surface area is 80.9 Å². The molecule has 2 aromatic carbocycles. The van der Waals surface area contributed by atoms with Crippen LogP contribution in [0.25, 0.3) is 10.8 Å². The third-order valence-electron chi connectivity index (χ3n) is 2.21. The third kappa shape index (κ3) is 1.32. The summed E-state index contributed by atoms with van der Waals surface area (Å²) in [5, 5.41) is 29.2. The number of rotatable bonds is 1. The molecule has 14 heavy (non-hydrogen) atoms. The number of aliphatic hydroxyl groups excluding tert-OH is 1. The second-order valence-corrected chi connectivity index (χ2v) is 3.09. The molecule has 0 saturated carbocycles. The van der Waals surface area contributed by atoms with E-state index in [1.165, 1.54) is 6.07 Å². The summed E-state index contributed by atoms with van der Waals surface area (Å²) in [6.45, 7) is 0. The van der Waals surface area contributed by atoms with Crippen LogP contribution in [-0.2, 0) is 0 Å². The van der Waals surface area contributed by atoms with Crippen molar-refractivity contribution in [3.8, 4) is 5.75 Å². The van der Waals surface area contributed by atoms with Crippen LogP contribution < -0.4 is 0 Å². The normalized spacial score (nSPS) is 11.1. The molecule has 0 aliphatic heterocycles. The number of phenolic OH excluding ortho intramolecular Hbond substituents is 1. The number of aliphatic hydroxyl groups is 2. The van der Waals surface area contributed by atoms with Crippen molar-refractivity contribution >= 4 is 10.8 Å². The van der Waals surface area contributed by atoms with E-state index in [1.807, 2.05) is 12.1 Å². The fraction of sp³-hybridized carbons (Fsp3) is 0.0909. The molecule has 0 saturated heterocycles. The average Bonchev–Trinajstić information content (AvgIpc) is 2.17. The SMILES string of the molecule is Oc1ccc2ccccc2c1C(O)O. The number of benzene rings is 2. The van der Waals surface area contributed by atoms with E-state index in [2.05, 4.69) is 0 Å². The minimum atomic E-state index is -1.65. The highest BCUT2D eigenvalue weighted by atomic mass is 16.5. The van der Waals surface area contributed by atoms with Gasteiger partial charge in [-0.2, -0.15) is 0 Å². The van der Waals surface area contributed by atoms with Crippen molar-refractivity contribution in [1.29, 1.82) is 0 Å². The summed E-state index contributed by atoms with van der Waals surface area (Å²) in [4.78, 5) is 0. The van der Waals surface area contributed by atoms with E-state index < -0.39 is 6.29 Å². The molecular formula is C11H10O3. The predicted octanol–water partition coefficient (Wildman–Crippen LogP) is 1.53. The zero-order valence-electron chi connectivity index (χ0n) is 7.38. The molecule has 2 aromatic rings. The van der Waals surface area contributed by atoms with Crippen LogP contribution in [0.4, 0.5) is 0 Å². The van der Waals surface area contributed by atoms with E-state index in [9.17, 15) is 5.11 Å². The predicted molar refractivity (Wildman–Crippen MR) is 52.8 cm³/mol. The molecule has 0 fully saturated rings. The lowest BCUT2D eigenvalue weighted by Gasteiger charge is -2.10. The Bertz CT molecular complexity index is 463. The Morgan fingerprint density at radius 2 is 1.64 bits per heavy atom. The fourth-order valence-electron chi connectivity index (χ4n) is 1.56. The second kappa shape index (κ2) is 3.29. The van der Waals surface area contributed by atoms with Crippen LogP contribution >= 0.6 is 0 Å². The molecule has 0 spiro atoms. The molecule has 0 aliphatic carbocycles. The first-order valence-electron chi connectivity index (χ1n) is 4.27. The lowest BCUT2D eigenvalue weighted by Crippen LogP contribution is -1.96. The maximum atomic E-state index is 9.46. The zero-order valence-corrected chi connectivity index (χ0v) is 7.38. The monoisotopic (exact) mass is 190 g/mol. The van der Waals surface area contributed by atoms with Crippen LogP contribution in [0.2, 0.25) is 0 Å². The Morgan fingerprint density at radius 3 is 2.36 bits per heavy atom. The van der Waals surface area contributed by atoms with E-state index in [0.717, 1.165) is 5.39 Å². The van der Waals surface area contributed by atoms with E-state index in [-0.39, 0.29) is 11.3 Å². The van der Waals surface area contributed by atoms with Crippen molar-refractivity contribution in [3.63, 3.8) is 0 Å². The highest BCUT2D eigenvalue weighted by molar-refractivity contribution is 5.87. The highest BCUT2D eigenvalue weighted by Gasteiger charge is 2.12. The minimum Gasteiger partial charge on any atom is -0.507 e. The first-order chi connectivity index (χ1) is 6.70. The van der Waals surface area contributed by atoms with Gasteiger partial charge in [-0.25, -0.2) is 0 Å². The lowest BCUT2D eigenvalue weighted by atomic mass is 10.0.